The number of halogens is 3. The third kappa shape index (κ3) is 4.62. The van der Waals surface area contributed by atoms with E-state index in [0.29, 0.717) is 26.3 Å². The van der Waals surface area contributed by atoms with Crippen LogP contribution < -0.4 is 4.74 Å². The number of aromatic nitrogens is 1. The van der Waals surface area contributed by atoms with Gasteiger partial charge in [0.2, 0.25) is 5.88 Å². The fourth-order valence-electron chi connectivity index (χ4n) is 3.15. The molecule has 138 valence electrons. The largest absolute Gasteiger partial charge is 0.477 e. The molecule has 2 aliphatic rings. The highest BCUT2D eigenvalue weighted by Crippen LogP contribution is 2.29. The predicted molar refractivity (Wildman–Crippen MR) is 83.0 cm³/mol. The number of rotatable bonds is 4. The van der Waals surface area contributed by atoms with Gasteiger partial charge in [-0.25, -0.2) is 4.98 Å². The van der Waals surface area contributed by atoms with Crippen molar-refractivity contribution in [3.05, 3.63) is 23.9 Å². The third-order valence-corrected chi connectivity index (χ3v) is 4.61. The molecule has 3 heterocycles. The average molecular weight is 358 g/mol. The molecule has 0 N–H and O–H groups in total. The molecule has 0 spiro atoms. The standard InChI is InChI=1S/C17H21F3N2O3/c18-17(19,20)14-4-1-5-15(21-14)25-11-12-6-8-22(9-7-12)16(23)13-3-2-10-24-13/h1,4-5,12-13H,2-3,6-11H2. The topological polar surface area (TPSA) is 51.7 Å². The van der Waals surface area contributed by atoms with Gasteiger partial charge in [0, 0.05) is 25.8 Å². The smallest absolute Gasteiger partial charge is 0.433 e. The molecule has 0 aromatic carbocycles. The minimum Gasteiger partial charge on any atom is -0.477 e. The van der Waals surface area contributed by atoms with Gasteiger partial charge in [0.05, 0.1) is 6.61 Å². The van der Waals surface area contributed by atoms with Crippen LogP contribution in [0.4, 0.5) is 13.2 Å². The Bertz CT molecular complexity index is 595. The second-order valence-corrected chi connectivity index (χ2v) is 6.44. The van der Waals surface area contributed by atoms with Crippen LogP contribution in [0, 0.1) is 5.92 Å². The zero-order valence-electron chi connectivity index (χ0n) is 13.8. The lowest BCUT2D eigenvalue weighted by atomic mass is 9.97. The van der Waals surface area contributed by atoms with Crippen LogP contribution in [0.1, 0.15) is 31.4 Å². The summed E-state index contributed by atoms with van der Waals surface area (Å²) >= 11 is 0. The van der Waals surface area contributed by atoms with Crippen LogP contribution in [0.3, 0.4) is 0 Å². The van der Waals surface area contributed by atoms with E-state index in [1.807, 2.05) is 4.90 Å². The minimum absolute atomic E-state index is 0.0207. The predicted octanol–water partition coefficient (Wildman–Crippen LogP) is 2.90. The van der Waals surface area contributed by atoms with Crippen LogP contribution in [0.15, 0.2) is 18.2 Å². The molecule has 0 saturated carbocycles. The van der Waals surface area contributed by atoms with Crippen LogP contribution in [-0.2, 0) is 15.7 Å². The van der Waals surface area contributed by atoms with Gasteiger partial charge in [0.1, 0.15) is 11.8 Å². The molecule has 1 aromatic heterocycles. The molecule has 2 aliphatic heterocycles. The summed E-state index contributed by atoms with van der Waals surface area (Å²) in [4.78, 5) is 17.6. The number of carbonyl (C=O) groups is 1. The molecule has 25 heavy (non-hydrogen) atoms. The molecule has 2 fully saturated rings. The summed E-state index contributed by atoms with van der Waals surface area (Å²) in [7, 11) is 0. The number of amides is 1. The second kappa shape index (κ2) is 7.59. The van der Waals surface area contributed by atoms with E-state index in [9.17, 15) is 18.0 Å². The summed E-state index contributed by atoms with van der Waals surface area (Å²) in [6.07, 6.45) is -1.56. The Hall–Kier alpha value is -1.83. The molecule has 1 aromatic rings. The van der Waals surface area contributed by atoms with Crippen molar-refractivity contribution in [3.63, 3.8) is 0 Å². The average Bonchev–Trinajstić information content (AvgIpc) is 3.14. The van der Waals surface area contributed by atoms with Crippen LogP contribution in [0.2, 0.25) is 0 Å². The van der Waals surface area contributed by atoms with Gasteiger partial charge < -0.3 is 14.4 Å². The lowest BCUT2D eigenvalue weighted by Gasteiger charge is -2.33. The molecule has 0 bridgehead atoms. The Balaban J connectivity index is 1.46. The number of hydrogen-bond donors (Lipinski definition) is 0. The van der Waals surface area contributed by atoms with E-state index in [2.05, 4.69) is 4.98 Å². The molecule has 2 saturated heterocycles. The van der Waals surface area contributed by atoms with Crippen molar-refractivity contribution in [1.29, 1.82) is 0 Å². The Kier molecular flexibility index (Phi) is 5.46. The monoisotopic (exact) mass is 358 g/mol. The highest BCUT2D eigenvalue weighted by molar-refractivity contribution is 5.81. The minimum atomic E-state index is -4.48. The Labute approximate surface area is 144 Å². The van der Waals surface area contributed by atoms with Crippen LogP contribution in [0.5, 0.6) is 5.88 Å². The molecule has 0 radical (unpaired) electrons. The number of alkyl halides is 3. The van der Waals surface area contributed by atoms with Crippen molar-refractivity contribution < 1.29 is 27.4 Å². The first-order valence-corrected chi connectivity index (χ1v) is 8.51. The molecule has 1 unspecified atom stereocenters. The van der Waals surface area contributed by atoms with Crippen molar-refractivity contribution >= 4 is 5.91 Å². The Morgan fingerprint density at radius 2 is 2.04 bits per heavy atom. The molecule has 8 heteroatoms. The number of likely N-dealkylation sites (tertiary alicyclic amines) is 1. The molecule has 3 rings (SSSR count). The van der Waals surface area contributed by atoms with E-state index in [0.717, 1.165) is 31.7 Å². The zero-order chi connectivity index (χ0) is 17.9. The van der Waals surface area contributed by atoms with Gasteiger partial charge in [0.25, 0.3) is 5.91 Å². The maximum Gasteiger partial charge on any atom is 0.433 e. The fraction of sp³-hybridized carbons (Fsp3) is 0.647. The van der Waals surface area contributed by atoms with Gasteiger partial charge in [-0.2, -0.15) is 13.2 Å². The summed E-state index contributed by atoms with van der Waals surface area (Å²) < 4.78 is 48.8. The number of ether oxygens (including phenoxy) is 2. The van der Waals surface area contributed by atoms with E-state index in [1.165, 1.54) is 12.1 Å². The van der Waals surface area contributed by atoms with Crippen molar-refractivity contribution in [1.82, 2.24) is 9.88 Å². The maximum absolute atomic E-state index is 12.6. The van der Waals surface area contributed by atoms with E-state index in [4.69, 9.17) is 9.47 Å². The second-order valence-electron chi connectivity index (χ2n) is 6.44. The first kappa shape index (κ1) is 18.0. The van der Waals surface area contributed by atoms with Gasteiger partial charge in [-0.05, 0) is 37.7 Å². The Morgan fingerprint density at radius 1 is 1.28 bits per heavy atom. The highest BCUT2D eigenvalue weighted by Gasteiger charge is 2.33. The van der Waals surface area contributed by atoms with Crippen molar-refractivity contribution in [2.45, 2.75) is 38.0 Å². The molecule has 1 amide bonds. The van der Waals surface area contributed by atoms with Gasteiger partial charge in [0.15, 0.2) is 0 Å². The number of nitrogens with zero attached hydrogens (tertiary/aromatic N) is 2. The van der Waals surface area contributed by atoms with E-state index in [1.54, 1.807) is 0 Å². The fourth-order valence-corrected chi connectivity index (χ4v) is 3.15. The summed E-state index contributed by atoms with van der Waals surface area (Å²) in [6.45, 7) is 2.20. The summed E-state index contributed by atoms with van der Waals surface area (Å²) in [5, 5.41) is 0. The molecular formula is C17H21F3N2O3. The SMILES string of the molecule is O=C(C1CCCO1)N1CCC(COc2cccc(C(F)(F)F)n2)CC1. The first-order chi connectivity index (χ1) is 11.9. The highest BCUT2D eigenvalue weighted by atomic mass is 19.4. The Morgan fingerprint density at radius 3 is 2.68 bits per heavy atom. The van der Waals surface area contributed by atoms with Gasteiger partial charge in [-0.1, -0.05) is 6.07 Å². The molecule has 5 nitrogen and oxygen atoms in total. The number of pyridine rings is 1. The molecule has 0 aliphatic carbocycles. The van der Waals surface area contributed by atoms with Gasteiger partial charge >= 0.3 is 6.18 Å². The van der Waals surface area contributed by atoms with Gasteiger partial charge in [-0.3, -0.25) is 4.79 Å². The van der Waals surface area contributed by atoms with Crippen LogP contribution in [0.25, 0.3) is 0 Å². The lowest BCUT2D eigenvalue weighted by Crippen LogP contribution is -2.44. The van der Waals surface area contributed by atoms with E-state index >= 15 is 0 Å². The quantitative estimate of drug-likeness (QED) is 0.831. The summed E-state index contributed by atoms with van der Waals surface area (Å²) in [5.41, 5.74) is -0.957. The maximum atomic E-state index is 12.6. The number of carbonyl (C=O) groups excluding carboxylic acids is 1. The lowest BCUT2D eigenvalue weighted by molar-refractivity contribution is -0.142. The zero-order valence-corrected chi connectivity index (χ0v) is 13.8. The van der Waals surface area contributed by atoms with E-state index in [-0.39, 0.29) is 23.8 Å². The van der Waals surface area contributed by atoms with Gasteiger partial charge in [-0.15, -0.1) is 0 Å². The van der Waals surface area contributed by atoms with Crippen LogP contribution in [-0.4, -0.2) is 48.2 Å². The van der Waals surface area contributed by atoms with E-state index < -0.39 is 11.9 Å². The number of piperidine rings is 1. The first-order valence-electron chi connectivity index (χ1n) is 8.51. The molecular weight excluding hydrogens is 337 g/mol. The number of hydrogen-bond acceptors (Lipinski definition) is 4. The van der Waals surface area contributed by atoms with Crippen molar-refractivity contribution in [2.75, 3.05) is 26.3 Å². The third-order valence-electron chi connectivity index (χ3n) is 4.61. The molecule has 1 atom stereocenters. The van der Waals surface area contributed by atoms with Crippen molar-refractivity contribution in [3.8, 4) is 5.88 Å². The van der Waals surface area contributed by atoms with Crippen LogP contribution >= 0.6 is 0 Å². The normalized spacial score (nSPS) is 22.2. The summed E-state index contributed by atoms with van der Waals surface area (Å²) in [5.74, 6) is 0.231. The van der Waals surface area contributed by atoms with Crippen molar-refractivity contribution in [2.24, 2.45) is 5.92 Å². The summed E-state index contributed by atoms with van der Waals surface area (Å²) in [6, 6.07) is 3.63.